The SMILES string of the molecule is Cc1cc(C)c(B2c3ccccc3-c3ccc4ccc5cccc6cc2c3c4c56)c(C)c1. The summed E-state index contributed by atoms with van der Waals surface area (Å²) >= 11 is 0. The minimum absolute atomic E-state index is 0.244. The molecule has 0 N–H and O–H groups in total. The van der Waals surface area contributed by atoms with Crippen LogP contribution in [-0.2, 0) is 0 Å². The summed E-state index contributed by atoms with van der Waals surface area (Å²) in [7, 11) is 0. The fourth-order valence-corrected chi connectivity index (χ4v) is 6.45. The minimum atomic E-state index is 0.244. The van der Waals surface area contributed by atoms with Crippen molar-refractivity contribution in [3.05, 3.63) is 102 Å². The Labute approximate surface area is 188 Å². The number of hydrogen-bond donors (Lipinski definition) is 0. The van der Waals surface area contributed by atoms with Gasteiger partial charge in [-0.2, -0.15) is 0 Å². The van der Waals surface area contributed by atoms with Gasteiger partial charge in [0, 0.05) is 0 Å². The molecular formula is C31H23B. The van der Waals surface area contributed by atoms with Crippen LogP contribution in [0.5, 0.6) is 0 Å². The molecule has 0 fully saturated rings. The molecule has 1 aliphatic heterocycles. The summed E-state index contributed by atoms with van der Waals surface area (Å²) in [5, 5.41) is 8.28. The van der Waals surface area contributed by atoms with Gasteiger partial charge in [-0.3, -0.25) is 0 Å². The maximum Gasteiger partial charge on any atom is 0.243 e. The second-order valence-electron chi connectivity index (χ2n) is 9.53. The summed E-state index contributed by atoms with van der Waals surface area (Å²) in [6.45, 7) is 7.01. The van der Waals surface area contributed by atoms with Crippen LogP contribution in [0.15, 0.2) is 84.9 Å². The van der Waals surface area contributed by atoms with Crippen LogP contribution in [0.25, 0.3) is 43.4 Å². The lowest BCUT2D eigenvalue weighted by molar-refractivity contribution is 1.35. The molecule has 6 aromatic rings. The summed E-state index contributed by atoms with van der Waals surface area (Å²) in [6, 6.07) is 32.2. The quantitative estimate of drug-likeness (QED) is 0.232. The first-order chi connectivity index (χ1) is 15.6. The molecule has 0 unspecified atom stereocenters. The Morgan fingerprint density at radius 1 is 0.500 bits per heavy atom. The molecule has 0 nitrogen and oxygen atoms in total. The molecule has 1 heterocycles. The highest BCUT2D eigenvalue weighted by atomic mass is 14.2. The third kappa shape index (κ3) is 2.23. The number of benzene rings is 6. The van der Waals surface area contributed by atoms with E-state index < -0.39 is 0 Å². The molecule has 0 saturated heterocycles. The molecule has 1 aliphatic rings. The summed E-state index contributed by atoms with van der Waals surface area (Å²) < 4.78 is 0. The van der Waals surface area contributed by atoms with E-state index in [1.807, 2.05) is 0 Å². The molecule has 6 aromatic carbocycles. The van der Waals surface area contributed by atoms with E-state index >= 15 is 0 Å². The third-order valence-electron chi connectivity index (χ3n) is 7.56. The van der Waals surface area contributed by atoms with Gasteiger partial charge in [0.05, 0.1) is 0 Å². The zero-order valence-corrected chi connectivity index (χ0v) is 18.7. The van der Waals surface area contributed by atoms with Gasteiger partial charge in [0.2, 0.25) is 6.71 Å². The van der Waals surface area contributed by atoms with E-state index in [0.717, 1.165) is 0 Å². The summed E-state index contributed by atoms with van der Waals surface area (Å²) in [5.41, 5.74) is 11.2. The largest absolute Gasteiger partial charge is 0.243 e. The average molecular weight is 406 g/mol. The predicted molar refractivity (Wildman–Crippen MR) is 141 cm³/mol. The van der Waals surface area contributed by atoms with Crippen molar-refractivity contribution < 1.29 is 0 Å². The van der Waals surface area contributed by atoms with Crippen molar-refractivity contribution in [1.29, 1.82) is 0 Å². The van der Waals surface area contributed by atoms with Crippen molar-refractivity contribution in [2.45, 2.75) is 20.8 Å². The van der Waals surface area contributed by atoms with E-state index in [1.54, 1.807) is 0 Å². The van der Waals surface area contributed by atoms with Gasteiger partial charge >= 0.3 is 0 Å². The summed E-state index contributed by atoms with van der Waals surface area (Å²) in [5.74, 6) is 0. The Hall–Kier alpha value is -3.58. The maximum atomic E-state index is 2.48. The number of hydrogen-bond acceptors (Lipinski definition) is 0. The van der Waals surface area contributed by atoms with Gasteiger partial charge < -0.3 is 0 Å². The second kappa shape index (κ2) is 6.23. The molecule has 0 radical (unpaired) electrons. The van der Waals surface area contributed by atoms with E-state index in [9.17, 15) is 0 Å². The zero-order valence-electron chi connectivity index (χ0n) is 18.7. The number of aryl methyl sites for hydroxylation is 3. The molecule has 0 atom stereocenters. The van der Waals surface area contributed by atoms with Gasteiger partial charge in [-0.25, -0.2) is 0 Å². The fraction of sp³-hybridized carbons (Fsp3) is 0.0968. The van der Waals surface area contributed by atoms with E-state index in [-0.39, 0.29) is 6.71 Å². The highest BCUT2D eigenvalue weighted by molar-refractivity contribution is 6.99. The van der Waals surface area contributed by atoms with Gasteiger partial charge in [-0.1, -0.05) is 118 Å². The maximum absolute atomic E-state index is 2.48. The van der Waals surface area contributed by atoms with Gasteiger partial charge in [0.15, 0.2) is 0 Å². The van der Waals surface area contributed by atoms with Gasteiger partial charge in [0.1, 0.15) is 0 Å². The van der Waals surface area contributed by atoms with Crippen LogP contribution in [0.2, 0.25) is 0 Å². The van der Waals surface area contributed by atoms with Gasteiger partial charge in [-0.15, -0.1) is 0 Å². The standard InChI is InChI=1S/C31H23B/c1-18-15-19(2)31(20(3)16-18)32-26-10-5-4-9-24(26)25-14-13-22-12-11-21-7-6-8-23-17-27(32)30(25)29(22)28(21)23/h4-17H,1-3H3. The van der Waals surface area contributed by atoms with Crippen LogP contribution in [0, 0.1) is 20.8 Å². The predicted octanol–water partition coefficient (Wildman–Crippen LogP) is 6.01. The smallest absolute Gasteiger partial charge is 0.0664 e. The van der Waals surface area contributed by atoms with E-state index in [2.05, 4.69) is 106 Å². The molecule has 0 amide bonds. The van der Waals surface area contributed by atoms with E-state index in [4.69, 9.17) is 0 Å². The molecule has 0 saturated carbocycles. The van der Waals surface area contributed by atoms with Crippen LogP contribution in [0.1, 0.15) is 16.7 Å². The average Bonchev–Trinajstić information content (AvgIpc) is 2.79. The van der Waals surface area contributed by atoms with Crippen LogP contribution in [0.3, 0.4) is 0 Å². The molecule has 0 aromatic heterocycles. The normalized spacial score (nSPS) is 12.8. The van der Waals surface area contributed by atoms with Crippen molar-refractivity contribution in [3.63, 3.8) is 0 Å². The lowest BCUT2D eigenvalue weighted by Gasteiger charge is -2.30. The van der Waals surface area contributed by atoms with Crippen molar-refractivity contribution in [3.8, 4) is 11.1 Å². The first-order valence-electron chi connectivity index (χ1n) is 11.5. The Morgan fingerprint density at radius 2 is 1.19 bits per heavy atom. The molecule has 0 bridgehead atoms. The van der Waals surface area contributed by atoms with Crippen LogP contribution in [-0.4, -0.2) is 6.71 Å². The minimum Gasteiger partial charge on any atom is -0.0664 e. The Bertz CT molecular complexity index is 1680. The first-order valence-corrected chi connectivity index (χ1v) is 11.5. The third-order valence-corrected chi connectivity index (χ3v) is 7.56. The molecule has 1 heteroatoms. The summed E-state index contributed by atoms with van der Waals surface area (Å²) in [6.07, 6.45) is 0. The molecule has 32 heavy (non-hydrogen) atoms. The van der Waals surface area contributed by atoms with Crippen molar-refractivity contribution in [2.75, 3.05) is 0 Å². The topological polar surface area (TPSA) is 0 Å². The highest BCUT2D eigenvalue weighted by Gasteiger charge is 2.34. The first kappa shape index (κ1) is 18.0. The van der Waals surface area contributed by atoms with Crippen molar-refractivity contribution in [1.82, 2.24) is 0 Å². The molecule has 0 spiro atoms. The van der Waals surface area contributed by atoms with Crippen molar-refractivity contribution >= 4 is 55.4 Å². The monoisotopic (exact) mass is 406 g/mol. The zero-order chi connectivity index (χ0) is 21.6. The second-order valence-corrected chi connectivity index (χ2v) is 9.53. The highest BCUT2D eigenvalue weighted by Crippen LogP contribution is 2.40. The lowest BCUT2D eigenvalue weighted by Crippen LogP contribution is -2.56. The Kier molecular flexibility index (Phi) is 3.51. The van der Waals surface area contributed by atoms with E-state index in [1.165, 1.54) is 76.5 Å². The summed E-state index contributed by atoms with van der Waals surface area (Å²) in [4.78, 5) is 0. The lowest BCUT2D eigenvalue weighted by atomic mass is 9.32. The number of rotatable bonds is 1. The van der Waals surface area contributed by atoms with E-state index in [0.29, 0.717) is 0 Å². The van der Waals surface area contributed by atoms with Gasteiger partial charge in [0.25, 0.3) is 0 Å². The number of fused-ring (bicyclic) bond motifs is 2. The van der Waals surface area contributed by atoms with Crippen molar-refractivity contribution in [2.24, 2.45) is 0 Å². The van der Waals surface area contributed by atoms with Crippen LogP contribution in [0.4, 0.5) is 0 Å². The molecular weight excluding hydrogens is 383 g/mol. The van der Waals surface area contributed by atoms with Crippen LogP contribution < -0.4 is 16.4 Å². The Balaban J connectivity index is 1.74. The molecule has 150 valence electrons. The molecule has 7 rings (SSSR count). The van der Waals surface area contributed by atoms with Crippen LogP contribution >= 0.6 is 0 Å². The van der Waals surface area contributed by atoms with Gasteiger partial charge in [-0.05, 0) is 64.2 Å². The fourth-order valence-electron chi connectivity index (χ4n) is 6.45. The Morgan fingerprint density at radius 3 is 2.00 bits per heavy atom. The molecule has 0 aliphatic carbocycles.